The summed E-state index contributed by atoms with van der Waals surface area (Å²) in [6.07, 6.45) is 4.75. The van der Waals surface area contributed by atoms with E-state index in [4.69, 9.17) is 21.1 Å². The number of aromatic nitrogens is 2. The van der Waals surface area contributed by atoms with E-state index in [1.165, 1.54) is 20.0 Å². The molecular weight excluding hydrogens is 352 g/mol. The lowest BCUT2D eigenvalue weighted by Crippen LogP contribution is -2.02. The van der Waals surface area contributed by atoms with Gasteiger partial charge in [-0.2, -0.15) is 0 Å². The first-order valence-corrected chi connectivity index (χ1v) is 8.98. The minimum absolute atomic E-state index is 0.381. The summed E-state index contributed by atoms with van der Waals surface area (Å²) >= 11 is 6.24. The standard InChI is InChI=1S/C20H19ClN2O3/c1-25-20(24)15-6-7-22-17-10-14(23-19(15)17)8-13-4-5-16(21)18(9-13)26-11-12-2-3-12/h4-7,9-10,12,23H,2-3,8,11H2,1H3. The van der Waals surface area contributed by atoms with E-state index >= 15 is 0 Å². The van der Waals surface area contributed by atoms with E-state index in [2.05, 4.69) is 9.97 Å². The van der Waals surface area contributed by atoms with Crippen molar-refractivity contribution in [1.82, 2.24) is 9.97 Å². The minimum Gasteiger partial charge on any atom is -0.492 e. The number of methoxy groups -OCH3 is 1. The van der Waals surface area contributed by atoms with Gasteiger partial charge in [0.2, 0.25) is 0 Å². The molecule has 4 rings (SSSR count). The SMILES string of the molecule is COC(=O)c1ccnc2cc(Cc3ccc(Cl)c(OCC4CC4)c3)[nH]c12. The second kappa shape index (κ2) is 7.00. The molecule has 0 aliphatic heterocycles. The highest BCUT2D eigenvalue weighted by Crippen LogP contribution is 2.32. The monoisotopic (exact) mass is 370 g/mol. The van der Waals surface area contributed by atoms with Gasteiger partial charge < -0.3 is 14.5 Å². The van der Waals surface area contributed by atoms with Crippen LogP contribution >= 0.6 is 11.6 Å². The van der Waals surface area contributed by atoms with Crippen LogP contribution in [0.4, 0.5) is 0 Å². The van der Waals surface area contributed by atoms with Gasteiger partial charge in [-0.15, -0.1) is 0 Å². The van der Waals surface area contributed by atoms with Crippen LogP contribution in [0.15, 0.2) is 36.5 Å². The van der Waals surface area contributed by atoms with Gasteiger partial charge in [0.25, 0.3) is 0 Å². The molecule has 5 nitrogen and oxygen atoms in total. The number of benzene rings is 1. The fourth-order valence-corrected chi connectivity index (χ4v) is 3.11. The molecule has 0 unspecified atom stereocenters. The maximum absolute atomic E-state index is 11.9. The second-order valence-corrected chi connectivity index (χ2v) is 7.01. The van der Waals surface area contributed by atoms with E-state index in [0.29, 0.717) is 28.4 Å². The summed E-state index contributed by atoms with van der Waals surface area (Å²) < 4.78 is 10.7. The van der Waals surface area contributed by atoms with Gasteiger partial charge in [-0.3, -0.25) is 4.98 Å². The molecule has 1 N–H and O–H groups in total. The third kappa shape index (κ3) is 3.53. The van der Waals surface area contributed by atoms with Crippen LogP contribution in [0.1, 0.15) is 34.5 Å². The van der Waals surface area contributed by atoms with Crippen LogP contribution in [0.25, 0.3) is 11.0 Å². The highest BCUT2D eigenvalue weighted by Gasteiger charge is 2.22. The van der Waals surface area contributed by atoms with Gasteiger partial charge in [-0.1, -0.05) is 17.7 Å². The Balaban J connectivity index is 1.58. The Labute approximate surface area is 156 Å². The minimum atomic E-state index is -0.381. The molecule has 1 aliphatic carbocycles. The van der Waals surface area contributed by atoms with Crippen LogP contribution in [0.3, 0.4) is 0 Å². The van der Waals surface area contributed by atoms with Gasteiger partial charge in [-0.05, 0) is 48.6 Å². The Morgan fingerprint density at radius 3 is 2.92 bits per heavy atom. The summed E-state index contributed by atoms with van der Waals surface area (Å²) in [5.41, 5.74) is 3.94. The Kier molecular flexibility index (Phi) is 4.55. The van der Waals surface area contributed by atoms with Crippen LogP contribution in [-0.4, -0.2) is 29.7 Å². The Bertz CT molecular complexity index is 963. The van der Waals surface area contributed by atoms with E-state index in [1.54, 1.807) is 12.3 Å². The molecule has 1 saturated carbocycles. The molecule has 26 heavy (non-hydrogen) atoms. The molecule has 6 heteroatoms. The first-order chi connectivity index (χ1) is 12.6. The number of nitrogens with zero attached hydrogens (tertiary/aromatic N) is 1. The lowest BCUT2D eigenvalue weighted by Gasteiger charge is -2.09. The third-order valence-electron chi connectivity index (χ3n) is 4.54. The zero-order valence-corrected chi connectivity index (χ0v) is 15.2. The summed E-state index contributed by atoms with van der Waals surface area (Å²) in [5.74, 6) is 1.01. The molecule has 2 heterocycles. The molecule has 3 aromatic rings. The summed E-state index contributed by atoms with van der Waals surface area (Å²) in [7, 11) is 1.37. The molecule has 1 fully saturated rings. The van der Waals surface area contributed by atoms with Crippen LogP contribution in [-0.2, 0) is 11.2 Å². The molecule has 0 spiro atoms. The van der Waals surface area contributed by atoms with Gasteiger partial charge in [0.1, 0.15) is 5.75 Å². The summed E-state index contributed by atoms with van der Waals surface area (Å²) in [4.78, 5) is 19.5. The maximum atomic E-state index is 11.9. The molecular formula is C20H19ClN2O3. The smallest absolute Gasteiger partial charge is 0.340 e. The van der Waals surface area contributed by atoms with Gasteiger partial charge in [0, 0.05) is 18.3 Å². The number of H-pyrrole nitrogens is 1. The quantitative estimate of drug-likeness (QED) is 0.654. The van der Waals surface area contributed by atoms with Crippen LogP contribution in [0.5, 0.6) is 5.75 Å². The topological polar surface area (TPSA) is 64.2 Å². The normalized spacial score (nSPS) is 13.8. The Morgan fingerprint density at radius 2 is 2.15 bits per heavy atom. The zero-order chi connectivity index (χ0) is 18.1. The van der Waals surface area contributed by atoms with E-state index in [1.807, 2.05) is 24.3 Å². The van der Waals surface area contributed by atoms with Gasteiger partial charge in [0.15, 0.2) is 0 Å². The third-order valence-corrected chi connectivity index (χ3v) is 4.86. The first-order valence-electron chi connectivity index (χ1n) is 8.60. The number of carbonyl (C=O) groups is 1. The predicted octanol–water partition coefficient (Wildman–Crippen LogP) is 4.38. The van der Waals surface area contributed by atoms with Crippen LogP contribution in [0.2, 0.25) is 5.02 Å². The fourth-order valence-electron chi connectivity index (χ4n) is 2.94. The predicted molar refractivity (Wildman–Crippen MR) is 99.9 cm³/mol. The van der Waals surface area contributed by atoms with Crippen molar-refractivity contribution in [3.05, 3.63) is 58.4 Å². The number of rotatable bonds is 6. The van der Waals surface area contributed by atoms with E-state index in [0.717, 1.165) is 29.1 Å². The summed E-state index contributed by atoms with van der Waals surface area (Å²) in [6.45, 7) is 0.724. The summed E-state index contributed by atoms with van der Waals surface area (Å²) in [6, 6.07) is 9.42. The summed E-state index contributed by atoms with van der Waals surface area (Å²) in [5, 5.41) is 0.626. The number of halogens is 1. The van der Waals surface area contributed by atoms with Crippen LogP contribution < -0.4 is 4.74 Å². The van der Waals surface area contributed by atoms with Crippen molar-refractivity contribution < 1.29 is 14.3 Å². The number of ether oxygens (including phenoxy) is 2. The molecule has 1 aliphatic rings. The van der Waals surface area contributed by atoms with Gasteiger partial charge in [-0.25, -0.2) is 4.79 Å². The number of nitrogens with one attached hydrogen (secondary N) is 1. The van der Waals surface area contributed by atoms with Gasteiger partial charge >= 0.3 is 5.97 Å². The van der Waals surface area contributed by atoms with Crippen molar-refractivity contribution in [2.45, 2.75) is 19.3 Å². The molecule has 0 amide bonds. The molecule has 0 saturated heterocycles. The molecule has 134 valence electrons. The number of pyridine rings is 1. The fraction of sp³-hybridized carbons (Fsp3) is 0.300. The largest absolute Gasteiger partial charge is 0.492 e. The number of aromatic amines is 1. The van der Waals surface area contributed by atoms with Crippen molar-refractivity contribution in [3.63, 3.8) is 0 Å². The second-order valence-electron chi connectivity index (χ2n) is 6.60. The van der Waals surface area contributed by atoms with E-state index in [9.17, 15) is 4.79 Å². The maximum Gasteiger partial charge on any atom is 0.340 e. The first kappa shape index (κ1) is 16.9. The number of hydrogen-bond donors (Lipinski definition) is 1. The number of esters is 1. The van der Waals surface area contributed by atoms with Crippen molar-refractivity contribution >= 4 is 28.6 Å². The molecule has 2 aromatic heterocycles. The number of fused-ring (bicyclic) bond motifs is 1. The van der Waals surface area contributed by atoms with Crippen molar-refractivity contribution in [2.24, 2.45) is 5.92 Å². The van der Waals surface area contributed by atoms with Crippen molar-refractivity contribution in [2.75, 3.05) is 13.7 Å². The van der Waals surface area contributed by atoms with E-state index < -0.39 is 0 Å². The van der Waals surface area contributed by atoms with Gasteiger partial charge in [0.05, 0.1) is 35.3 Å². The van der Waals surface area contributed by atoms with Crippen molar-refractivity contribution in [1.29, 1.82) is 0 Å². The average Bonchev–Trinajstić information content (AvgIpc) is 3.39. The average molecular weight is 371 g/mol. The Morgan fingerprint density at radius 1 is 1.31 bits per heavy atom. The highest BCUT2D eigenvalue weighted by molar-refractivity contribution is 6.32. The van der Waals surface area contributed by atoms with Crippen molar-refractivity contribution in [3.8, 4) is 5.75 Å². The highest BCUT2D eigenvalue weighted by atomic mass is 35.5. The lowest BCUT2D eigenvalue weighted by molar-refractivity contribution is 0.0602. The molecule has 0 bridgehead atoms. The Hall–Kier alpha value is -2.53. The molecule has 0 atom stereocenters. The van der Waals surface area contributed by atoms with E-state index in [-0.39, 0.29) is 5.97 Å². The zero-order valence-electron chi connectivity index (χ0n) is 14.4. The van der Waals surface area contributed by atoms with Crippen LogP contribution in [0, 0.1) is 5.92 Å². The molecule has 0 radical (unpaired) electrons. The number of hydrogen-bond acceptors (Lipinski definition) is 4. The lowest BCUT2D eigenvalue weighted by atomic mass is 10.1. The number of carbonyl (C=O) groups excluding carboxylic acids is 1. The molecule has 1 aromatic carbocycles.